The zero-order valence-electron chi connectivity index (χ0n) is 8.79. The van der Waals surface area contributed by atoms with Gasteiger partial charge >= 0.3 is 5.97 Å². The van der Waals surface area contributed by atoms with Crippen LogP contribution in [0.3, 0.4) is 0 Å². The van der Waals surface area contributed by atoms with Gasteiger partial charge in [0.1, 0.15) is 0 Å². The standard InChI is InChI=1S/C12H15NO2/c1-12(7-4-8-13-12)10-6-3-2-5-9(10)11(14)15/h2-3,5-6,13H,4,7-8H2,1H3,(H,14,15). The summed E-state index contributed by atoms with van der Waals surface area (Å²) in [6.07, 6.45) is 2.10. The van der Waals surface area contributed by atoms with Crippen LogP contribution in [0, 0.1) is 0 Å². The number of nitrogens with one attached hydrogen (secondary N) is 1. The SMILES string of the molecule is CC1(c2ccccc2C(=O)O)CCCN1. The van der Waals surface area contributed by atoms with Crippen LogP contribution < -0.4 is 5.32 Å². The summed E-state index contributed by atoms with van der Waals surface area (Å²) in [7, 11) is 0. The fourth-order valence-electron chi connectivity index (χ4n) is 2.28. The summed E-state index contributed by atoms with van der Waals surface area (Å²) in [4.78, 5) is 11.1. The van der Waals surface area contributed by atoms with Crippen molar-refractivity contribution in [1.82, 2.24) is 5.32 Å². The van der Waals surface area contributed by atoms with Gasteiger partial charge in [-0.25, -0.2) is 4.79 Å². The Labute approximate surface area is 89.1 Å². The Kier molecular flexibility index (Phi) is 2.49. The van der Waals surface area contributed by atoms with Crippen molar-refractivity contribution in [3.8, 4) is 0 Å². The van der Waals surface area contributed by atoms with E-state index in [1.807, 2.05) is 12.1 Å². The van der Waals surface area contributed by atoms with Crippen LogP contribution >= 0.6 is 0 Å². The maximum absolute atomic E-state index is 11.1. The van der Waals surface area contributed by atoms with E-state index in [-0.39, 0.29) is 5.54 Å². The quantitative estimate of drug-likeness (QED) is 0.776. The summed E-state index contributed by atoms with van der Waals surface area (Å²) in [5.74, 6) is -0.847. The molecule has 1 saturated heterocycles. The molecule has 0 aliphatic carbocycles. The van der Waals surface area contributed by atoms with Crippen molar-refractivity contribution in [1.29, 1.82) is 0 Å². The number of benzene rings is 1. The molecule has 2 rings (SSSR count). The highest BCUT2D eigenvalue weighted by molar-refractivity contribution is 5.89. The van der Waals surface area contributed by atoms with Gasteiger partial charge in [-0.05, 0) is 37.9 Å². The highest BCUT2D eigenvalue weighted by Gasteiger charge is 2.32. The van der Waals surface area contributed by atoms with E-state index in [1.165, 1.54) is 0 Å². The Morgan fingerprint density at radius 2 is 2.20 bits per heavy atom. The third kappa shape index (κ3) is 1.75. The second kappa shape index (κ2) is 3.66. The first-order valence-electron chi connectivity index (χ1n) is 5.21. The van der Waals surface area contributed by atoms with Crippen LogP contribution in [0.5, 0.6) is 0 Å². The Hall–Kier alpha value is -1.35. The molecule has 1 aliphatic rings. The Morgan fingerprint density at radius 3 is 2.80 bits per heavy atom. The lowest BCUT2D eigenvalue weighted by Crippen LogP contribution is -2.34. The number of hydrogen-bond donors (Lipinski definition) is 2. The fraction of sp³-hybridized carbons (Fsp3) is 0.417. The van der Waals surface area contributed by atoms with Gasteiger partial charge in [0.2, 0.25) is 0 Å². The molecule has 0 bridgehead atoms. The monoisotopic (exact) mass is 205 g/mol. The molecular formula is C12H15NO2. The van der Waals surface area contributed by atoms with E-state index in [1.54, 1.807) is 12.1 Å². The third-order valence-electron chi connectivity index (χ3n) is 3.12. The summed E-state index contributed by atoms with van der Waals surface area (Å²) >= 11 is 0. The lowest BCUT2D eigenvalue weighted by molar-refractivity contribution is 0.0693. The number of carbonyl (C=O) groups is 1. The van der Waals surface area contributed by atoms with Gasteiger partial charge in [0.05, 0.1) is 5.56 Å². The minimum Gasteiger partial charge on any atom is -0.478 e. The molecule has 1 aliphatic heterocycles. The highest BCUT2D eigenvalue weighted by atomic mass is 16.4. The van der Waals surface area contributed by atoms with Crippen molar-refractivity contribution < 1.29 is 9.90 Å². The van der Waals surface area contributed by atoms with Crippen molar-refractivity contribution >= 4 is 5.97 Å². The van der Waals surface area contributed by atoms with Crippen molar-refractivity contribution in [3.05, 3.63) is 35.4 Å². The van der Waals surface area contributed by atoms with Gasteiger partial charge in [0, 0.05) is 5.54 Å². The molecule has 1 aromatic rings. The van der Waals surface area contributed by atoms with E-state index in [2.05, 4.69) is 12.2 Å². The average molecular weight is 205 g/mol. The van der Waals surface area contributed by atoms with Gasteiger partial charge in [-0.15, -0.1) is 0 Å². The molecule has 0 radical (unpaired) electrons. The van der Waals surface area contributed by atoms with E-state index >= 15 is 0 Å². The molecule has 0 spiro atoms. The van der Waals surface area contributed by atoms with E-state index in [0.29, 0.717) is 5.56 Å². The zero-order chi connectivity index (χ0) is 10.9. The topological polar surface area (TPSA) is 49.3 Å². The van der Waals surface area contributed by atoms with Gasteiger partial charge in [-0.3, -0.25) is 0 Å². The lowest BCUT2D eigenvalue weighted by atomic mass is 9.87. The van der Waals surface area contributed by atoms with Gasteiger partial charge in [-0.1, -0.05) is 18.2 Å². The van der Waals surface area contributed by atoms with Gasteiger partial charge in [0.25, 0.3) is 0 Å². The molecule has 1 atom stereocenters. The summed E-state index contributed by atoms with van der Waals surface area (Å²) in [6, 6.07) is 7.24. The Morgan fingerprint density at radius 1 is 1.47 bits per heavy atom. The molecule has 15 heavy (non-hydrogen) atoms. The second-order valence-electron chi connectivity index (χ2n) is 4.21. The number of carboxylic acid groups (broad SMARTS) is 1. The van der Waals surface area contributed by atoms with E-state index in [0.717, 1.165) is 24.9 Å². The second-order valence-corrected chi connectivity index (χ2v) is 4.21. The largest absolute Gasteiger partial charge is 0.478 e. The van der Waals surface area contributed by atoms with Gasteiger partial charge < -0.3 is 10.4 Å². The van der Waals surface area contributed by atoms with Gasteiger partial charge in [0.15, 0.2) is 0 Å². The van der Waals surface area contributed by atoms with Crippen molar-refractivity contribution in [2.75, 3.05) is 6.54 Å². The van der Waals surface area contributed by atoms with E-state index in [4.69, 9.17) is 5.11 Å². The van der Waals surface area contributed by atoms with Crippen molar-refractivity contribution in [3.63, 3.8) is 0 Å². The predicted octanol–water partition coefficient (Wildman–Crippen LogP) is 1.98. The molecule has 0 saturated carbocycles. The fourth-order valence-corrected chi connectivity index (χ4v) is 2.28. The average Bonchev–Trinajstić information content (AvgIpc) is 2.66. The minimum atomic E-state index is -0.847. The van der Waals surface area contributed by atoms with Crippen LogP contribution in [-0.2, 0) is 5.54 Å². The first-order valence-corrected chi connectivity index (χ1v) is 5.21. The Balaban J connectivity index is 2.47. The van der Waals surface area contributed by atoms with Crippen LogP contribution in [0.15, 0.2) is 24.3 Å². The molecule has 3 heteroatoms. The molecule has 80 valence electrons. The Bertz CT molecular complexity index is 381. The maximum Gasteiger partial charge on any atom is 0.336 e. The number of hydrogen-bond acceptors (Lipinski definition) is 2. The van der Waals surface area contributed by atoms with E-state index in [9.17, 15) is 4.79 Å². The van der Waals surface area contributed by atoms with E-state index < -0.39 is 5.97 Å². The smallest absolute Gasteiger partial charge is 0.336 e. The molecule has 1 fully saturated rings. The molecule has 1 aromatic carbocycles. The summed E-state index contributed by atoms with van der Waals surface area (Å²) in [5.41, 5.74) is 1.14. The molecule has 2 N–H and O–H groups in total. The number of carboxylic acids is 1. The van der Waals surface area contributed by atoms with Crippen molar-refractivity contribution in [2.45, 2.75) is 25.3 Å². The van der Waals surface area contributed by atoms with Crippen LogP contribution in [0.25, 0.3) is 0 Å². The minimum absolute atomic E-state index is 0.172. The van der Waals surface area contributed by atoms with Crippen LogP contribution in [0.4, 0.5) is 0 Å². The summed E-state index contributed by atoms with van der Waals surface area (Å²) in [5, 5.41) is 12.5. The van der Waals surface area contributed by atoms with Crippen LogP contribution in [-0.4, -0.2) is 17.6 Å². The number of aromatic carboxylic acids is 1. The maximum atomic E-state index is 11.1. The summed E-state index contributed by atoms with van der Waals surface area (Å²) < 4.78 is 0. The predicted molar refractivity (Wildman–Crippen MR) is 58.0 cm³/mol. The molecule has 3 nitrogen and oxygen atoms in total. The number of rotatable bonds is 2. The normalized spacial score (nSPS) is 25.4. The van der Waals surface area contributed by atoms with Gasteiger partial charge in [-0.2, -0.15) is 0 Å². The van der Waals surface area contributed by atoms with Crippen LogP contribution in [0.1, 0.15) is 35.7 Å². The molecule has 0 amide bonds. The molecule has 1 unspecified atom stereocenters. The zero-order valence-corrected chi connectivity index (χ0v) is 8.79. The first kappa shape index (κ1) is 10.2. The van der Waals surface area contributed by atoms with Crippen LogP contribution in [0.2, 0.25) is 0 Å². The first-order chi connectivity index (χ1) is 7.13. The van der Waals surface area contributed by atoms with Crippen molar-refractivity contribution in [2.24, 2.45) is 0 Å². The summed E-state index contributed by atoms with van der Waals surface area (Å²) in [6.45, 7) is 3.03. The highest BCUT2D eigenvalue weighted by Crippen LogP contribution is 2.32. The lowest BCUT2D eigenvalue weighted by Gasteiger charge is -2.26. The molecular weight excluding hydrogens is 190 g/mol. The molecule has 0 aromatic heterocycles. The third-order valence-corrected chi connectivity index (χ3v) is 3.12. The molecule has 1 heterocycles.